The van der Waals surface area contributed by atoms with Crippen LogP contribution < -0.4 is 14.8 Å². The first kappa shape index (κ1) is 23.9. The SMILES string of the molecule is COc1cc(OC)c(C(C)C)cc1C(=O)N1Cc2cc(CN3CCNCC3)sc2C1.Cl. The van der Waals surface area contributed by atoms with Gasteiger partial charge in [0.1, 0.15) is 11.5 Å². The first-order valence-corrected chi connectivity index (χ1v) is 11.4. The van der Waals surface area contributed by atoms with Crippen LogP contribution in [0.3, 0.4) is 0 Å². The van der Waals surface area contributed by atoms with Crippen molar-refractivity contribution in [1.29, 1.82) is 0 Å². The molecule has 0 atom stereocenters. The number of ether oxygens (including phenoxy) is 2. The van der Waals surface area contributed by atoms with Crippen LogP contribution in [-0.4, -0.2) is 56.1 Å². The van der Waals surface area contributed by atoms with Crippen LogP contribution >= 0.6 is 23.7 Å². The average molecular weight is 466 g/mol. The summed E-state index contributed by atoms with van der Waals surface area (Å²) in [6.07, 6.45) is 0. The highest BCUT2D eigenvalue weighted by Gasteiger charge is 2.29. The molecular formula is C23H32ClN3O3S. The Morgan fingerprint density at radius 3 is 2.42 bits per heavy atom. The van der Waals surface area contributed by atoms with E-state index in [4.69, 9.17) is 9.47 Å². The van der Waals surface area contributed by atoms with Crippen LogP contribution in [0.4, 0.5) is 0 Å². The van der Waals surface area contributed by atoms with Gasteiger partial charge < -0.3 is 19.7 Å². The fraction of sp³-hybridized carbons (Fsp3) is 0.522. The Labute approximate surface area is 194 Å². The molecule has 0 saturated carbocycles. The third-order valence-electron chi connectivity index (χ3n) is 5.92. The van der Waals surface area contributed by atoms with Crippen LogP contribution in [0.5, 0.6) is 11.5 Å². The lowest BCUT2D eigenvalue weighted by atomic mass is 9.98. The molecule has 0 unspecified atom stereocenters. The second-order valence-electron chi connectivity index (χ2n) is 8.30. The van der Waals surface area contributed by atoms with Crippen molar-refractivity contribution in [3.05, 3.63) is 44.6 Å². The number of thiophene rings is 1. The minimum Gasteiger partial charge on any atom is -0.496 e. The lowest BCUT2D eigenvalue weighted by Crippen LogP contribution is -2.42. The molecule has 1 fully saturated rings. The Morgan fingerprint density at radius 2 is 1.81 bits per heavy atom. The topological polar surface area (TPSA) is 54.0 Å². The van der Waals surface area contributed by atoms with Gasteiger partial charge in [0, 0.05) is 55.1 Å². The van der Waals surface area contributed by atoms with Gasteiger partial charge in [-0.15, -0.1) is 23.7 Å². The molecule has 8 heteroatoms. The molecule has 2 aliphatic heterocycles. The van der Waals surface area contributed by atoms with Gasteiger partial charge in [-0.1, -0.05) is 13.8 Å². The van der Waals surface area contributed by atoms with Crippen molar-refractivity contribution in [3.8, 4) is 11.5 Å². The predicted octanol–water partition coefficient (Wildman–Crippen LogP) is 3.87. The second-order valence-corrected chi connectivity index (χ2v) is 9.52. The molecule has 0 spiro atoms. The zero-order valence-corrected chi connectivity index (χ0v) is 20.3. The smallest absolute Gasteiger partial charge is 0.258 e. The molecule has 0 radical (unpaired) electrons. The Morgan fingerprint density at radius 1 is 1.10 bits per heavy atom. The number of nitrogens with zero attached hydrogens (tertiary/aromatic N) is 2. The normalized spacial score (nSPS) is 16.2. The van der Waals surface area contributed by atoms with E-state index in [0.717, 1.165) is 44.0 Å². The van der Waals surface area contributed by atoms with Crippen LogP contribution in [0.2, 0.25) is 0 Å². The molecule has 0 bridgehead atoms. The number of methoxy groups -OCH3 is 2. The van der Waals surface area contributed by atoms with Crippen molar-refractivity contribution in [1.82, 2.24) is 15.1 Å². The molecule has 31 heavy (non-hydrogen) atoms. The van der Waals surface area contributed by atoms with Gasteiger partial charge in [0.15, 0.2) is 0 Å². The summed E-state index contributed by atoms with van der Waals surface area (Å²) in [7, 11) is 3.25. The largest absolute Gasteiger partial charge is 0.496 e. The first-order valence-electron chi connectivity index (χ1n) is 10.6. The number of halogens is 1. The lowest BCUT2D eigenvalue weighted by molar-refractivity contribution is 0.0748. The highest BCUT2D eigenvalue weighted by Crippen LogP contribution is 2.37. The summed E-state index contributed by atoms with van der Waals surface area (Å²) in [5.41, 5.74) is 2.92. The van der Waals surface area contributed by atoms with Crippen LogP contribution in [0.1, 0.15) is 51.0 Å². The fourth-order valence-electron chi connectivity index (χ4n) is 4.25. The molecule has 3 heterocycles. The molecule has 1 N–H and O–H groups in total. The number of hydrogen-bond acceptors (Lipinski definition) is 6. The molecule has 1 amide bonds. The molecule has 2 aromatic rings. The van der Waals surface area contributed by atoms with E-state index in [1.165, 1.54) is 15.3 Å². The summed E-state index contributed by atoms with van der Waals surface area (Å²) in [4.78, 5) is 20.5. The highest BCUT2D eigenvalue weighted by molar-refractivity contribution is 7.12. The zero-order chi connectivity index (χ0) is 21.3. The number of piperazine rings is 1. The van der Waals surface area contributed by atoms with Gasteiger partial charge >= 0.3 is 0 Å². The summed E-state index contributed by atoms with van der Waals surface area (Å²) in [6.45, 7) is 10.9. The number of hydrogen-bond donors (Lipinski definition) is 1. The molecule has 1 saturated heterocycles. The molecule has 0 aliphatic carbocycles. The third kappa shape index (κ3) is 5.00. The number of amides is 1. The Balaban J connectivity index is 0.00000272. The van der Waals surface area contributed by atoms with Crippen molar-refractivity contribution in [2.45, 2.75) is 39.4 Å². The molecular weight excluding hydrogens is 434 g/mol. The lowest BCUT2D eigenvalue weighted by Gasteiger charge is -2.26. The summed E-state index contributed by atoms with van der Waals surface area (Å²) in [5.74, 6) is 1.60. The van der Waals surface area contributed by atoms with E-state index in [-0.39, 0.29) is 24.2 Å². The van der Waals surface area contributed by atoms with Gasteiger partial charge in [-0.05, 0) is 29.2 Å². The quantitative estimate of drug-likeness (QED) is 0.701. The molecule has 170 valence electrons. The molecule has 1 aromatic heterocycles. The van der Waals surface area contributed by atoms with E-state index in [1.54, 1.807) is 14.2 Å². The number of fused-ring (bicyclic) bond motifs is 1. The van der Waals surface area contributed by atoms with Gasteiger partial charge in [-0.2, -0.15) is 0 Å². The Kier molecular flexibility index (Phi) is 7.86. The second kappa shape index (κ2) is 10.2. The Bertz CT molecular complexity index is 902. The number of nitrogens with one attached hydrogen (secondary N) is 1. The minimum absolute atomic E-state index is 0. The van der Waals surface area contributed by atoms with Crippen LogP contribution in [-0.2, 0) is 19.6 Å². The minimum atomic E-state index is 0. The molecule has 2 aliphatic rings. The van der Waals surface area contributed by atoms with E-state index < -0.39 is 0 Å². The number of rotatable bonds is 6. The monoisotopic (exact) mass is 465 g/mol. The van der Waals surface area contributed by atoms with Gasteiger partial charge in [0.05, 0.1) is 26.3 Å². The number of carbonyl (C=O) groups is 1. The average Bonchev–Trinajstić information content (AvgIpc) is 3.31. The summed E-state index contributed by atoms with van der Waals surface area (Å²) >= 11 is 1.85. The maximum Gasteiger partial charge on any atom is 0.258 e. The molecule has 1 aromatic carbocycles. The standard InChI is InChI=1S/C23H31N3O3S.ClH/c1-15(2)18-10-19(21(29-4)11-20(18)28-3)23(27)26-12-16-9-17(30-22(16)14-26)13-25-7-5-24-6-8-25;/h9-11,15,24H,5-8,12-14H2,1-4H3;1H. The maximum atomic E-state index is 13.4. The van der Waals surface area contributed by atoms with E-state index >= 15 is 0 Å². The van der Waals surface area contributed by atoms with Crippen molar-refractivity contribution in [2.75, 3.05) is 40.4 Å². The van der Waals surface area contributed by atoms with Gasteiger partial charge in [0.25, 0.3) is 5.91 Å². The molecule has 6 nitrogen and oxygen atoms in total. The van der Waals surface area contributed by atoms with Gasteiger partial charge in [0.2, 0.25) is 0 Å². The number of carbonyl (C=O) groups excluding carboxylic acids is 1. The summed E-state index contributed by atoms with van der Waals surface area (Å²) in [5, 5.41) is 3.40. The van der Waals surface area contributed by atoms with Crippen LogP contribution in [0, 0.1) is 0 Å². The van der Waals surface area contributed by atoms with Crippen molar-refractivity contribution < 1.29 is 14.3 Å². The highest BCUT2D eigenvalue weighted by atomic mass is 35.5. The maximum absolute atomic E-state index is 13.4. The van der Waals surface area contributed by atoms with E-state index in [1.807, 2.05) is 28.4 Å². The van der Waals surface area contributed by atoms with Gasteiger partial charge in [-0.3, -0.25) is 9.69 Å². The van der Waals surface area contributed by atoms with Crippen LogP contribution in [0.25, 0.3) is 0 Å². The summed E-state index contributed by atoms with van der Waals surface area (Å²) < 4.78 is 11.0. The first-order chi connectivity index (χ1) is 14.5. The van der Waals surface area contributed by atoms with E-state index in [9.17, 15) is 4.79 Å². The zero-order valence-electron chi connectivity index (χ0n) is 18.7. The fourth-order valence-corrected chi connectivity index (χ4v) is 5.49. The van der Waals surface area contributed by atoms with Crippen LogP contribution in [0.15, 0.2) is 18.2 Å². The molecule has 4 rings (SSSR count). The number of benzene rings is 1. The van der Waals surface area contributed by atoms with Gasteiger partial charge in [-0.25, -0.2) is 0 Å². The predicted molar refractivity (Wildman–Crippen MR) is 127 cm³/mol. The van der Waals surface area contributed by atoms with Crippen molar-refractivity contribution in [3.63, 3.8) is 0 Å². The Hall–Kier alpha value is -1.80. The van der Waals surface area contributed by atoms with E-state index in [2.05, 4.69) is 30.1 Å². The van der Waals surface area contributed by atoms with Crippen molar-refractivity contribution in [2.24, 2.45) is 0 Å². The third-order valence-corrected chi connectivity index (χ3v) is 7.07. The summed E-state index contributed by atoms with van der Waals surface area (Å²) in [6, 6.07) is 6.06. The van der Waals surface area contributed by atoms with E-state index in [0.29, 0.717) is 24.4 Å². The van der Waals surface area contributed by atoms with Crippen molar-refractivity contribution >= 4 is 29.7 Å².